The van der Waals surface area contributed by atoms with Gasteiger partial charge in [0.25, 0.3) is 5.91 Å². The first-order valence-electron chi connectivity index (χ1n) is 3.82. The number of methoxy groups -OCH3 is 1. The van der Waals surface area contributed by atoms with Crippen molar-refractivity contribution in [3.8, 4) is 0 Å². The molecule has 0 heterocycles. The van der Waals surface area contributed by atoms with Gasteiger partial charge in [-0.1, -0.05) is 13.8 Å². The summed E-state index contributed by atoms with van der Waals surface area (Å²) in [6.45, 7) is 7.43. The van der Waals surface area contributed by atoms with E-state index in [9.17, 15) is 4.79 Å². The van der Waals surface area contributed by atoms with Crippen LogP contribution in [-0.4, -0.2) is 25.7 Å². The second kappa shape index (κ2) is 6.16. The van der Waals surface area contributed by atoms with Crippen molar-refractivity contribution in [2.24, 2.45) is 0 Å². The van der Waals surface area contributed by atoms with Crippen molar-refractivity contribution in [3.05, 3.63) is 0 Å². The minimum Gasteiger partial charge on any atom is -0.369 e. The third-order valence-corrected chi connectivity index (χ3v) is 1.28. The van der Waals surface area contributed by atoms with Crippen molar-refractivity contribution in [3.63, 3.8) is 0 Å². The molecule has 0 unspecified atom stereocenters. The van der Waals surface area contributed by atoms with E-state index < -0.39 is 5.60 Å². The van der Waals surface area contributed by atoms with Crippen molar-refractivity contribution in [2.45, 2.75) is 33.3 Å². The molecule has 0 aromatic rings. The first-order valence-corrected chi connectivity index (χ1v) is 3.82. The Morgan fingerprint density at radius 1 is 1.36 bits per heavy atom. The maximum Gasteiger partial charge on any atom is 0.251 e. The third-order valence-electron chi connectivity index (χ3n) is 1.28. The molecule has 0 fully saturated rings. The SMILES string of the molecule is CC.CNC(=O)C(C)(C)OC. The number of hydrogen-bond acceptors (Lipinski definition) is 2. The van der Waals surface area contributed by atoms with E-state index in [1.54, 1.807) is 20.9 Å². The first-order chi connectivity index (χ1) is 5.04. The van der Waals surface area contributed by atoms with Gasteiger partial charge in [0.2, 0.25) is 0 Å². The zero-order chi connectivity index (χ0) is 9.49. The summed E-state index contributed by atoms with van der Waals surface area (Å²) < 4.78 is 4.88. The fourth-order valence-corrected chi connectivity index (χ4v) is 0.394. The molecule has 1 amide bonds. The summed E-state index contributed by atoms with van der Waals surface area (Å²) >= 11 is 0. The Hall–Kier alpha value is -0.570. The van der Waals surface area contributed by atoms with E-state index in [-0.39, 0.29) is 5.91 Å². The Bertz CT molecular complexity index is 111. The molecular weight excluding hydrogens is 142 g/mol. The molecule has 0 aromatic carbocycles. The van der Waals surface area contributed by atoms with E-state index in [0.717, 1.165) is 0 Å². The highest BCUT2D eigenvalue weighted by Crippen LogP contribution is 2.05. The quantitative estimate of drug-likeness (QED) is 0.660. The van der Waals surface area contributed by atoms with E-state index in [4.69, 9.17) is 4.74 Å². The van der Waals surface area contributed by atoms with Crippen LogP contribution in [0.25, 0.3) is 0 Å². The van der Waals surface area contributed by atoms with Crippen LogP contribution >= 0.6 is 0 Å². The molecule has 0 aliphatic heterocycles. The maximum atomic E-state index is 10.8. The monoisotopic (exact) mass is 161 g/mol. The lowest BCUT2D eigenvalue weighted by Gasteiger charge is -2.19. The molecule has 3 heteroatoms. The number of carbonyl (C=O) groups excluding carboxylic acids is 1. The summed E-state index contributed by atoms with van der Waals surface area (Å²) in [4.78, 5) is 10.8. The molecule has 0 rings (SSSR count). The number of carbonyl (C=O) groups is 1. The van der Waals surface area contributed by atoms with E-state index in [0.29, 0.717) is 0 Å². The van der Waals surface area contributed by atoms with Crippen molar-refractivity contribution in [2.75, 3.05) is 14.2 Å². The van der Waals surface area contributed by atoms with Crippen LogP contribution in [0.5, 0.6) is 0 Å². The van der Waals surface area contributed by atoms with Gasteiger partial charge in [-0.2, -0.15) is 0 Å². The van der Waals surface area contributed by atoms with Crippen LogP contribution in [0, 0.1) is 0 Å². The number of ether oxygens (including phenoxy) is 1. The molecule has 11 heavy (non-hydrogen) atoms. The molecule has 68 valence electrons. The van der Waals surface area contributed by atoms with Gasteiger partial charge >= 0.3 is 0 Å². The zero-order valence-electron chi connectivity index (χ0n) is 8.32. The van der Waals surface area contributed by atoms with Crippen LogP contribution in [0.3, 0.4) is 0 Å². The molecule has 3 nitrogen and oxygen atoms in total. The lowest BCUT2D eigenvalue weighted by atomic mass is 10.1. The lowest BCUT2D eigenvalue weighted by molar-refractivity contribution is -0.138. The normalized spacial score (nSPS) is 9.64. The van der Waals surface area contributed by atoms with E-state index in [1.807, 2.05) is 13.8 Å². The van der Waals surface area contributed by atoms with E-state index >= 15 is 0 Å². The summed E-state index contributed by atoms with van der Waals surface area (Å²) in [5.41, 5.74) is -0.700. The molecule has 0 saturated heterocycles. The van der Waals surface area contributed by atoms with Gasteiger partial charge in [0.15, 0.2) is 0 Å². The van der Waals surface area contributed by atoms with Crippen molar-refractivity contribution < 1.29 is 9.53 Å². The summed E-state index contributed by atoms with van der Waals surface area (Å²) in [6, 6.07) is 0. The number of nitrogens with one attached hydrogen (secondary N) is 1. The highest BCUT2D eigenvalue weighted by Gasteiger charge is 2.24. The van der Waals surface area contributed by atoms with E-state index in [2.05, 4.69) is 5.32 Å². The second-order valence-corrected chi connectivity index (χ2v) is 2.29. The average molecular weight is 161 g/mol. The maximum absolute atomic E-state index is 10.8. The van der Waals surface area contributed by atoms with Gasteiger partial charge < -0.3 is 10.1 Å². The zero-order valence-corrected chi connectivity index (χ0v) is 8.32. The molecule has 0 radical (unpaired) electrons. The van der Waals surface area contributed by atoms with Crippen molar-refractivity contribution in [1.29, 1.82) is 0 Å². The highest BCUT2D eigenvalue weighted by molar-refractivity contribution is 5.83. The predicted octanol–water partition coefficient (Wildman–Crippen LogP) is 1.18. The molecule has 0 atom stereocenters. The van der Waals surface area contributed by atoms with Gasteiger partial charge in [-0.25, -0.2) is 0 Å². The fraction of sp³-hybridized carbons (Fsp3) is 0.875. The smallest absolute Gasteiger partial charge is 0.251 e. The summed E-state index contributed by atoms with van der Waals surface area (Å²) in [5.74, 6) is -0.106. The standard InChI is InChI=1S/C6H13NO2.C2H6/c1-6(2,9-4)5(8)7-3;1-2/h1-4H3,(H,7,8);1-2H3. The van der Waals surface area contributed by atoms with Crippen LogP contribution in [0.2, 0.25) is 0 Å². The summed E-state index contributed by atoms with van der Waals surface area (Å²) in [6.07, 6.45) is 0. The van der Waals surface area contributed by atoms with E-state index in [1.165, 1.54) is 7.11 Å². The predicted molar refractivity (Wildman–Crippen MR) is 46.5 cm³/mol. The Morgan fingerprint density at radius 2 is 1.73 bits per heavy atom. The molecular formula is C8H19NO2. The summed E-state index contributed by atoms with van der Waals surface area (Å²) in [5, 5.41) is 2.49. The number of likely N-dealkylation sites (N-methyl/N-ethyl adjacent to an activating group) is 1. The fourth-order valence-electron chi connectivity index (χ4n) is 0.394. The summed E-state index contributed by atoms with van der Waals surface area (Å²) in [7, 11) is 3.10. The first kappa shape index (κ1) is 13.1. The van der Waals surface area contributed by atoms with Crippen LogP contribution in [0.4, 0.5) is 0 Å². The molecule has 0 saturated carbocycles. The third kappa shape index (κ3) is 4.79. The van der Waals surface area contributed by atoms with Gasteiger partial charge in [0, 0.05) is 14.2 Å². The van der Waals surface area contributed by atoms with Gasteiger partial charge in [-0.3, -0.25) is 4.79 Å². The Balaban J connectivity index is 0. The molecule has 0 aliphatic carbocycles. The van der Waals surface area contributed by atoms with Crippen LogP contribution in [0.15, 0.2) is 0 Å². The number of rotatable bonds is 2. The van der Waals surface area contributed by atoms with Gasteiger partial charge in [-0.05, 0) is 13.8 Å². The molecule has 0 spiro atoms. The van der Waals surface area contributed by atoms with Crippen LogP contribution in [0.1, 0.15) is 27.7 Å². The number of hydrogen-bond donors (Lipinski definition) is 1. The van der Waals surface area contributed by atoms with Crippen LogP contribution < -0.4 is 5.32 Å². The topological polar surface area (TPSA) is 38.3 Å². The Kier molecular flexibility index (Phi) is 7.31. The van der Waals surface area contributed by atoms with Gasteiger partial charge in [0.1, 0.15) is 5.60 Å². The van der Waals surface area contributed by atoms with Crippen LogP contribution in [-0.2, 0) is 9.53 Å². The molecule has 1 N–H and O–H groups in total. The second-order valence-electron chi connectivity index (χ2n) is 2.29. The Morgan fingerprint density at radius 3 is 1.82 bits per heavy atom. The molecule has 0 bridgehead atoms. The van der Waals surface area contributed by atoms with Crippen molar-refractivity contribution >= 4 is 5.91 Å². The average Bonchev–Trinajstić information content (AvgIpc) is 2.06. The van der Waals surface area contributed by atoms with Gasteiger partial charge in [-0.15, -0.1) is 0 Å². The highest BCUT2D eigenvalue weighted by atomic mass is 16.5. The molecule has 0 aromatic heterocycles. The number of amides is 1. The van der Waals surface area contributed by atoms with Crippen molar-refractivity contribution in [1.82, 2.24) is 5.32 Å². The minimum atomic E-state index is -0.700. The molecule has 0 aliphatic rings. The Labute approximate surface area is 69.1 Å². The van der Waals surface area contributed by atoms with Gasteiger partial charge in [0.05, 0.1) is 0 Å². The minimum absolute atomic E-state index is 0.106. The lowest BCUT2D eigenvalue weighted by Crippen LogP contribution is -2.41. The largest absolute Gasteiger partial charge is 0.369 e.